The van der Waals surface area contributed by atoms with Gasteiger partial charge in [0.1, 0.15) is 0 Å². The Hall–Kier alpha value is -0.885. The molecule has 0 bridgehead atoms. The van der Waals surface area contributed by atoms with Gasteiger partial charge in [-0.2, -0.15) is 0 Å². The molecule has 2 heteroatoms. The molecule has 0 spiro atoms. The average Bonchev–Trinajstić information content (AvgIpc) is 3.09. The predicted octanol–water partition coefficient (Wildman–Crippen LogP) is 4.09. The van der Waals surface area contributed by atoms with Crippen LogP contribution in [-0.2, 0) is 0 Å². The number of benzene rings is 2. The monoisotopic (exact) mass is 274 g/mol. The van der Waals surface area contributed by atoms with Gasteiger partial charge < -0.3 is 0 Å². The molecule has 0 saturated heterocycles. The van der Waals surface area contributed by atoms with Crippen molar-refractivity contribution in [3.05, 3.63) is 82.9 Å². The van der Waals surface area contributed by atoms with Crippen molar-refractivity contribution in [2.24, 2.45) is 0 Å². The molecule has 4 rings (SSSR count). The maximum atomic E-state index is 2.37. The van der Waals surface area contributed by atoms with Gasteiger partial charge in [0.15, 0.2) is 0 Å². The Morgan fingerprint density at radius 2 is 1.00 bits per heavy atom. The first-order chi connectivity index (χ1) is 9.92. The molecule has 2 aliphatic carbocycles. The number of hydrogen-bond acceptors (Lipinski definition) is 0. The van der Waals surface area contributed by atoms with Gasteiger partial charge >= 0.3 is 37.7 Å². The molecule has 102 valence electrons. The molecule has 0 saturated carbocycles. The van der Waals surface area contributed by atoms with Gasteiger partial charge in [0.25, 0.3) is 0 Å². The summed E-state index contributed by atoms with van der Waals surface area (Å²) in [5.41, 5.74) is 5.81. The van der Waals surface area contributed by atoms with E-state index in [4.69, 9.17) is 0 Å². The van der Waals surface area contributed by atoms with Crippen molar-refractivity contribution in [2.75, 3.05) is 0 Å². The van der Waals surface area contributed by atoms with Gasteiger partial charge in [-0.25, -0.2) is 0 Å². The molecule has 0 amide bonds. The van der Waals surface area contributed by atoms with E-state index in [1.165, 1.54) is 35.1 Å². The topological polar surface area (TPSA) is 0 Å². The van der Waals surface area contributed by atoms with Crippen molar-refractivity contribution in [3.8, 4) is 0 Å². The molecule has 0 nitrogen and oxygen atoms in total. The van der Waals surface area contributed by atoms with Crippen LogP contribution in [0.3, 0.4) is 0 Å². The molecule has 2 aliphatic rings. The summed E-state index contributed by atoms with van der Waals surface area (Å²) in [5.74, 6) is 1.21. The van der Waals surface area contributed by atoms with E-state index in [2.05, 4.69) is 72.8 Å². The first-order valence-electron chi connectivity index (χ1n) is 7.46. The normalized spacial score (nSPS) is 20.0. The summed E-state index contributed by atoms with van der Waals surface area (Å²) in [7, 11) is 0. The standard InChI is InChI=1S/C20H18.2Li.2H/c1-3-7-19-15(5-1)9-11-17(19)13-14-18-12-10-16-6-2-4-8-20(16)18;;;;/h1-12,17-18H,13-14H2;;;;. The zero-order valence-corrected chi connectivity index (χ0v) is 11.5. The molecular formula is C20H20Li2. The van der Waals surface area contributed by atoms with Gasteiger partial charge in [0, 0.05) is 11.8 Å². The van der Waals surface area contributed by atoms with Crippen LogP contribution in [0.25, 0.3) is 12.2 Å². The van der Waals surface area contributed by atoms with Gasteiger partial charge in [-0.3, -0.25) is 0 Å². The van der Waals surface area contributed by atoms with Crippen molar-refractivity contribution < 1.29 is 0 Å². The Labute approximate surface area is 157 Å². The number of allylic oxidation sites excluding steroid dienone is 2. The third-order valence-electron chi connectivity index (χ3n) is 4.60. The van der Waals surface area contributed by atoms with E-state index < -0.39 is 0 Å². The van der Waals surface area contributed by atoms with E-state index >= 15 is 0 Å². The van der Waals surface area contributed by atoms with Crippen LogP contribution in [0.5, 0.6) is 0 Å². The summed E-state index contributed by atoms with van der Waals surface area (Å²) >= 11 is 0. The summed E-state index contributed by atoms with van der Waals surface area (Å²) in [4.78, 5) is 0. The van der Waals surface area contributed by atoms with Crippen LogP contribution in [0, 0.1) is 0 Å². The Morgan fingerprint density at radius 1 is 0.591 bits per heavy atom. The fourth-order valence-corrected chi connectivity index (χ4v) is 3.51. The second-order valence-corrected chi connectivity index (χ2v) is 5.77. The molecule has 0 heterocycles. The Morgan fingerprint density at radius 3 is 1.45 bits per heavy atom. The second-order valence-electron chi connectivity index (χ2n) is 5.77. The van der Waals surface area contributed by atoms with Gasteiger partial charge in [0.2, 0.25) is 0 Å². The predicted molar refractivity (Wildman–Crippen MR) is 100.0 cm³/mol. The van der Waals surface area contributed by atoms with Crippen molar-refractivity contribution >= 4 is 49.9 Å². The molecule has 2 atom stereocenters. The van der Waals surface area contributed by atoms with E-state index in [9.17, 15) is 0 Å². The fraction of sp³-hybridized carbons (Fsp3) is 0.200. The molecule has 2 aromatic carbocycles. The summed E-state index contributed by atoms with van der Waals surface area (Å²) in [5, 5.41) is 0. The molecule has 0 aliphatic heterocycles. The fourth-order valence-electron chi connectivity index (χ4n) is 3.51. The minimum atomic E-state index is 0. The van der Waals surface area contributed by atoms with Crippen LogP contribution in [-0.4, -0.2) is 37.7 Å². The molecule has 0 fully saturated rings. The van der Waals surface area contributed by atoms with Gasteiger partial charge in [-0.1, -0.05) is 72.8 Å². The van der Waals surface area contributed by atoms with Crippen LogP contribution in [0.4, 0.5) is 0 Å². The number of hydrogen-bond donors (Lipinski definition) is 0. The van der Waals surface area contributed by atoms with Crippen molar-refractivity contribution in [1.29, 1.82) is 0 Å². The zero-order chi connectivity index (χ0) is 13.4. The summed E-state index contributed by atoms with van der Waals surface area (Å²) in [6.07, 6.45) is 11.8. The van der Waals surface area contributed by atoms with Gasteiger partial charge in [-0.05, 0) is 35.1 Å². The first kappa shape index (κ1) is 17.5. The molecule has 0 radical (unpaired) electrons. The SMILES string of the molecule is C1=CC(CCC2C=Cc3ccccc32)c2ccccc21.[LiH].[LiH]. The second kappa shape index (κ2) is 7.59. The van der Waals surface area contributed by atoms with Crippen LogP contribution >= 0.6 is 0 Å². The minimum absolute atomic E-state index is 0. The number of fused-ring (bicyclic) bond motifs is 2. The maximum absolute atomic E-state index is 2.37. The molecule has 22 heavy (non-hydrogen) atoms. The Kier molecular flexibility index (Phi) is 6.03. The Balaban J connectivity index is 0.000000882. The van der Waals surface area contributed by atoms with Crippen LogP contribution in [0.1, 0.15) is 46.9 Å². The van der Waals surface area contributed by atoms with E-state index in [1.54, 1.807) is 0 Å². The summed E-state index contributed by atoms with van der Waals surface area (Å²) in [6.45, 7) is 0. The van der Waals surface area contributed by atoms with E-state index in [1.807, 2.05) is 0 Å². The zero-order valence-electron chi connectivity index (χ0n) is 11.5. The number of rotatable bonds is 3. The summed E-state index contributed by atoms with van der Waals surface area (Å²) < 4.78 is 0. The van der Waals surface area contributed by atoms with Crippen LogP contribution in [0.2, 0.25) is 0 Å². The third kappa shape index (κ3) is 3.22. The van der Waals surface area contributed by atoms with Crippen LogP contribution < -0.4 is 0 Å². The molecule has 2 unspecified atom stereocenters. The van der Waals surface area contributed by atoms with Gasteiger partial charge in [0.05, 0.1) is 0 Å². The van der Waals surface area contributed by atoms with E-state index in [0.717, 1.165) is 0 Å². The summed E-state index contributed by atoms with van der Waals surface area (Å²) in [6, 6.07) is 17.6. The molecule has 0 aromatic heterocycles. The van der Waals surface area contributed by atoms with Gasteiger partial charge in [-0.15, -0.1) is 0 Å². The average molecular weight is 274 g/mol. The van der Waals surface area contributed by atoms with Crippen molar-refractivity contribution in [2.45, 2.75) is 24.7 Å². The third-order valence-corrected chi connectivity index (χ3v) is 4.60. The molecule has 2 aromatic rings. The molecule has 0 N–H and O–H groups in total. The molecular weight excluding hydrogens is 254 g/mol. The van der Waals surface area contributed by atoms with Crippen LogP contribution in [0.15, 0.2) is 60.7 Å². The quantitative estimate of drug-likeness (QED) is 0.739. The van der Waals surface area contributed by atoms with E-state index in [-0.39, 0.29) is 37.7 Å². The Bertz CT molecular complexity index is 639. The van der Waals surface area contributed by atoms with Crippen molar-refractivity contribution in [3.63, 3.8) is 0 Å². The van der Waals surface area contributed by atoms with Crippen molar-refractivity contribution in [1.82, 2.24) is 0 Å². The van der Waals surface area contributed by atoms with E-state index in [0.29, 0.717) is 11.8 Å². The first-order valence-corrected chi connectivity index (χ1v) is 7.46.